The number of hydrogen-bond acceptors (Lipinski definition) is 3. The number of rotatable bonds is 6. The van der Waals surface area contributed by atoms with Gasteiger partial charge >= 0.3 is 0 Å². The van der Waals surface area contributed by atoms with Gasteiger partial charge in [-0.25, -0.2) is 17.1 Å². The molecule has 1 heterocycles. The van der Waals surface area contributed by atoms with Crippen molar-refractivity contribution in [2.24, 2.45) is 5.92 Å². The third-order valence-electron chi connectivity index (χ3n) is 4.92. The van der Waals surface area contributed by atoms with Crippen molar-refractivity contribution in [2.45, 2.75) is 37.5 Å². The number of likely N-dealkylation sites (tertiary alicyclic amines) is 1. The smallest absolute Gasteiger partial charge is 0.216 e. The molecule has 1 aromatic carbocycles. The van der Waals surface area contributed by atoms with Crippen molar-refractivity contribution in [1.29, 1.82) is 0 Å². The van der Waals surface area contributed by atoms with Crippen molar-refractivity contribution < 1.29 is 12.8 Å². The Kier molecular flexibility index (Phi) is 5.04. The van der Waals surface area contributed by atoms with Gasteiger partial charge in [0.15, 0.2) is 0 Å². The molecule has 1 aliphatic carbocycles. The summed E-state index contributed by atoms with van der Waals surface area (Å²) in [6.45, 7) is 3.42. The van der Waals surface area contributed by atoms with E-state index in [1.54, 1.807) is 11.4 Å². The maximum Gasteiger partial charge on any atom is 0.216 e. The van der Waals surface area contributed by atoms with Crippen LogP contribution in [-0.4, -0.2) is 49.6 Å². The largest absolute Gasteiger partial charge is 0.299 e. The lowest BCUT2D eigenvalue weighted by molar-refractivity contribution is 0.166. The zero-order valence-electron chi connectivity index (χ0n) is 13.6. The van der Waals surface area contributed by atoms with Crippen LogP contribution in [0.25, 0.3) is 0 Å². The molecule has 1 saturated carbocycles. The van der Waals surface area contributed by atoms with E-state index in [2.05, 4.69) is 4.90 Å². The molecule has 6 heteroatoms. The van der Waals surface area contributed by atoms with Gasteiger partial charge in [-0.3, -0.25) is 4.90 Å². The Hall–Kier alpha value is -0.980. The lowest BCUT2D eigenvalue weighted by atomic mass is 9.96. The van der Waals surface area contributed by atoms with Gasteiger partial charge in [-0.1, -0.05) is 12.1 Å². The van der Waals surface area contributed by atoms with Gasteiger partial charge in [0, 0.05) is 20.1 Å². The fourth-order valence-electron chi connectivity index (χ4n) is 3.26. The molecule has 1 aliphatic heterocycles. The van der Waals surface area contributed by atoms with E-state index in [0.29, 0.717) is 12.5 Å². The highest BCUT2D eigenvalue weighted by Gasteiger charge is 2.39. The Morgan fingerprint density at radius 2 is 1.74 bits per heavy atom. The van der Waals surface area contributed by atoms with E-state index in [4.69, 9.17) is 0 Å². The monoisotopic (exact) mass is 340 g/mol. The zero-order valence-corrected chi connectivity index (χ0v) is 14.4. The molecule has 23 heavy (non-hydrogen) atoms. The van der Waals surface area contributed by atoms with Crippen molar-refractivity contribution in [3.8, 4) is 0 Å². The molecule has 2 fully saturated rings. The molecule has 3 rings (SSSR count). The molecule has 1 aromatic rings. The molecule has 0 bridgehead atoms. The summed E-state index contributed by atoms with van der Waals surface area (Å²) in [5.41, 5.74) is 1.12. The minimum atomic E-state index is -3.05. The molecule has 4 nitrogen and oxygen atoms in total. The summed E-state index contributed by atoms with van der Waals surface area (Å²) >= 11 is 0. The third kappa shape index (κ3) is 4.31. The molecule has 0 unspecified atom stereocenters. The highest BCUT2D eigenvalue weighted by Crippen LogP contribution is 2.31. The second-order valence-corrected chi connectivity index (χ2v) is 9.19. The molecular weight excluding hydrogens is 315 g/mol. The maximum atomic E-state index is 12.9. The number of benzene rings is 1. The number of sulfonamides is 1. The minimum absolute atomic E-state index is 0.119. The van der Waals surface area contributed by atoms with Crippen LogP contribution in [-0.2, 0) is 16.6 Å². The fraction of sp³-hybridized carbons (Fsp3) is 0.647. The second-order valence-electron chi connectivity index (χ2n) is 6.87. The third-order valence-corrected chi connectivity index (χ3v) is 7.25. The molecule has 0 spiro atoms. The molecular formula is C17H25FN2O2S. The normalized spacial score (nSPS) is 21.0. The first kappa shape index (κ1) is 16.9. The van der Waals surface area contributed by atoms with Gasteiger partial charge in [0.2, 0.25) is 10.0 Å². The van der Waals surface area contributed by atoms with Gasteiger partial charge in [0.05, 0.1) is 5.25 Å². The first-order chi connectivity index (χ1) is 10.9. The Morgan fingerprint density at radius 1 is 1.13 bits per heavy atom. The molecule has 2 aliphatic rings. The summed E-state index contributed by atoms with van der Waals surface area (Å²) in [4.78, 5) is 2.36. The van der Waals surface area contributed by atoms with E-state index in [-0.39, 0.29) is 11.1 Å². The maximum absolute atomic E-state index is 12.9. The molecule has 0 atom stereocenters. The molecule has 0 radical (unpaired) electrons. The van der Waals surface area contributed by atoms with Gasteiger partial charge in [-0.05, 0) is 62.4 Å². The number of nitrogens with zero attached hydrogens (tertiary/aromatic N) is 2. The quantitative estimate of drug-likeness (QED) is 0.799. The molecule has 0 aromatic heterocycles. The first-order valence-electron chi connectivity index (χ1n) is 8.37. The number of halogens is 1. The average Bonchev–Trinajstić information content (AvgIpc) is 3.36. The lowest BCUT2D eigenvalue weighted by Crippen LogP contribution is -2.40. The van der Waals surface area contributed by atoms with E-state index < -0.39 is 10.0 Å². The topological polar surface area (TPSA) is 40.6 Å². The van der Waals surface area contributed by atoms with Gasteiger partial charge < -0.3 is 0 Å². The van der Waals surface area contributed by atoms with E-state index in [1.165, 1.54) is 12.1 Å². The van der Waals surface area contributed by atoms with Gasteiger partial charge in [0.25, 0.3) is 0 Å². The zero-order chi connectivity index (χ0) is 16.4. The average molecular weight is 340 g/mol. The SMILES string of the molecule is CN(CC1CCN(Cc2ccc(F)cc2)CC1)S(=O)(=O)C1CC1. The fourth-order valence-corrected chi connectivity index (χ4v) is 4.92. The van der Waals surface area contributed by atoms with Crippen LogP contribution in [0.5, 0.6) is 0 Å². The van der Waals surface area contributed by atoms with Crippen LogP contribution < -0.4 is 0 Å². The molecule has 1 saturated heterocycles. The van der Waals surface area contributed by atoms with Crippen LogP contribution in [0.1, 0.15) is 31.2 Å². The van der Waals surface area contributed by atoms with Crippen molar-refractivity contribution in [1.82, 2.24) is 9.21 Å². The van der Waals surface area contributed by atoms with Gasteiger partial charge in [0.1, 0.15) is 5.82 Å². The van der Waals surface area contributed by atoms with E-state index in [0.717, 1.165) is 50.9 Å². The Labute approximate surface area is 138 Å². The predicted octanol–water partition coefficient (Wildman–Crippen LogP) is 2.46. The van der Waals surface area contributed by atoms with Crippen LogP contribution >= 0.6 is 0 Å². The van der Waals surface area contributed by atoms with Crippen molar-refractivity contribution in [3.05, 3.63) is 35.6 Å². The van der Waals surface area contributed by atoms with Crippen molar-refractivity contribution in [3.63, 3.8) is 0 Å². The Bertz CT molecular complexity index is 620. The highest BCUT2D eigenvalue weighted by atomic mass is 32.2. The summed E-state index contributed by atoms with van der Waals surface area (Å²) in [5.74, 6) is 0.241. The molecule has 0 N–H and O–H groups in total. The van der Waals surface area contributed by atoms with E-state index >= 15 is 0 Å². The van der Waals surface area contributed by atoms with Crippen molar-refractivity contribution in [2.75, 3.05) is 26.7 Å². The standard InChI is InChI=1S/C17H25FN2O2S/c1-19(23(21,22)17-6-7-17)12-15-8-10-20(11-9-15)13-14-2-4-16(18)5-3-14/h2-5,15,17H,6-13H2,1H3. The predicted molar refractivity (Wildman–Crippen MR) is 89.0 cm³/mol. The van der Waals surface area contributed by atoms with Crippen LogP contribution in [0, 0.1) is 11.7 Å². The van der Waals surface area contributed by atoms with Gasteiger partial charge in [-0.15, -0.1) is 0 Å². The van der Waals surface area contributed by atoms with Crippen molar-refractivity contribution >= 4 is 10.0 Å². The minimum Gasteiger partial charge on any atom is -0.299 e. The Morgan fingerprint density at radius 3 is 2.30 bits per heavy atom. The molecule has 0 amide bonds. The van der Waals surface area contributed by atoms with E-state index in [1.807, 2.05) is 12.1 Å². The molecule has 128 valence electrons. The highest BCUT2D eigenvalue weighted by molar-refractivity contribution is 7.90. The van der Waals surface area contributed by atoms with E-state index in [9.17, 15) is 12.8 Å². The second kappa shape index (κ2) is 6.87. The van der Waals surface area contributed by atoms with Crippen LogP contribution in [0.2, 0.25) is 0 Å². The van der Waals surface area contributed by atoms with Crippen LogP contribution in [0.3, 0.4) is 0 Å². The summed E-state index contributed by atoms with van der Waals surface area (Å²) in [6.07, 6.45) is 3.68. The summed E-state index contributed by atoms with van der Waals surface area (Å²) < 4.78 is 38.9. The number of hydrogen-bond donors (Lipinski definition) is 0. The lowest BCUT2D eigenvalue weighted by Gasteiger charge is -2.33. The summed E-state index contributed by atoms with van der Waals surface area (Å²) in [7, 11) is -1.33. The first-order valence-corrected chi connectivity index (χ1v) is 9.87. The summed E-state index contributed by atoms with van der Waals surface area (Å²) in [6, 6.07) is 6.66. The summed E-state index contributed by atoms with van der Waals surface area (Å²) in [5, 5.41) is -0.119. The van der Waals surface area contributed by atoms with Crippen LogP contribution in [0.15, 0.2) is 24.3 Å². The van der Waals surface area contributed by atoms with Gasteiger partial charge in [-0.2, -0.15) is 0 Å². The van der Waals surface area contributed by atoms with Crippen LogP contribution in [0.4, 0.5) is 4.39 Å². The number of piperidine rings is 1. The Balaban J connectivity index is 1.45.